The van der Waals surface area contributed by atoms with Crippen LogP contribution in [-0.2, 0) is 0 Å². The average Bonchev–Trinajstić information content (AvgIpc) is 2.41. The number of anilines is 1. The molecule has 19 heavy (non-hydrogen) atoms. The molecular weight excluding hydrogens is 245 g/mol. The van der Waals surface area contributed by atoms with Crippen molar-refractivity contribution < 1.29 is 14.3 Å². The fourth-order valence-electron chi connectivity index (χ4n) is 2.83. The van der Waals surface area contributed by atoms with Gasteiger partial charge in [0.2, 0.25) is 0 Å². The molecule has 0 amide bonds. The van der Waals surface area contributed by atoms with Crippen molar-refractivity contribution in [3.8, 4) is 0 Å². The smallest absolute Gasteiger partial charge is 0.337 e. The van der Waals surface area contributed by atoms with Gasteiger partial charge in [0.25, 0.3) is 0 Å². The molecule has 1 saturated carbocycles. The molecule has 1 aliphatic rings. The zero-order valence-corrected chi connectivity index (χ0v) is 11.2. The van der Waals surface area contributed by atoms with E-state index in [9.17, 15) is 9.18 Å². The van der Waals surface area contributed by atoms with E-state index in [4.69, 9.17) is 5.11 Å². The summed E-state index contributed by atoms with van der Waals surface area (Å²) in [7, 11) is 0. The summed E-state index contributed by atoms with van der Waals surface area (Å²) in [6.45, 7) is 2.01. The van der Waals surface area contributed by atoms with E-state index in [-0.39, 0.29) is 17.3 Å². The van der Waals surface area contributed by atoms with Crippen LogP contribution in [0.15, 0.2) is 18.2 Å². The predicted octanol–water partition coefficient (Wildman–Crippen LogP) is 3.90. The number of aromatic carboxylic acids is 1. The van der Waals surface area contributed by atoms with Gasteiger partial charge in [-0.05, 0) is 37.8 Å². The summed E-state index contributed by atoms with van der Waals surface area (Å²) < 4.78 is 13.8. The monoisotopic (exact) mass is 265 g/mol. The zero-order valence-electron chi connectivity index (χ0n) is 11.2. The fourth-order valence-corrected chi connectivity index (χ4v) is 2.83. The summed E-state index contributed by atoms with van der Waals surface area (Å²) >= 11 is 0. The fraction of sp³-hybridized carbons (Fsp3) is 0.533. The lowest BCUT2D eigenvalue weighted by molar-refractivity contribution is 0.0697. The Hall–Kier alpha value is -1.58. The maximum Gasteiger partial charge on any atom is 0.337 e. The number of nitrogens with one attached hydrogen (secondary N) is 1. The second-order valence-electron chi connectivity index (χ2n) is 5.30. The van der Waals surface area contributed by atoms with E-state index in [0.29, 0.717) is 5.92 Å². The third-order valence-corrected chi connectivity index (χ3v) is 3.97. The molecule has 1 unspecified atom stereocenters. The topological polar surface area (TPSA) is 49.3 Å². The van der Waals surface area contributed by atoms with Gasteiger partial charge in [0.15, 0.2) is 0 Å². The highest BCUT2D eigenvalue weighted by Crippen LogP contribution is 2.29. The number of carboxylic acids is 1. The highest BCUT2D eigenvalue weighted by molar-refractivity contribution is 5.94. The van der Waals surface area contributed by atoms with Gasteiger partial charge in [0.05, 0.1) is 11.3 Å². The Morgan fingerprint density at radius 3 is 2.68 bits per heavy atom. The number of carboxylic acid groups (broad SMARTS) is 1. The number of para-hydroxylation sites is 1. The van der Waals surface area contributed by atoms with Crippen LogP contribution in [0.4, 0.5) is 10.1 Å². The molecule has 0 heterocycles. The van der Waals surface area contributed by atoms with Crippen LogP contribution in [0.1, 0.15) is 49.4 Å². The molecule has 0 aromatic heterocycles. The van der Waals surface area contributed by atoms with E-state index in [1.807, 2.05) is 6.92 Å². The highest BCUT2D eigenvalue weighted by atomic mass is 19.1. The molecule has 1 atom stereocenters. The maximum atomic E-state index is 13.8. The van der Waals surface area contributed by atoms with E-state index < -0.39 is 11.8 Å². The first-order valence-electron chi connectivity index (χ1n) is 6.88. The summed E-state index contributed by atoms with van der Waals surface area (Å²) in [6, 6.07) is 4.24. The van der Waals surface area contributed by atoms with Crippen molar-refractivity contribution in [2.24, 2.45) is 5.92 Å². The predicted molar refractivity (Wildman–Crippen MR) is 73.0 cm³/mol. The lowest BCUT2D eigenvalue weighted by Gasteiger charge is -2.29. The van der Waals surface area contributed by atoms with E-state index in [2.05, 4.69) is 5.32 Å². The Balaban J connectivity index is 2.15. The van der Waals surface area contributed by atoms with Crippen molar-refractivity contribution in [1.82, 2.24) is 0 Å². The van der Waals surface area contributed by atoms with E-state index in [1.54, 1.807) is 0 Å². The summed E-state index contributed by atoms with van der Waals surface area (Å²) in [5.74, 6) is -1.10. The minimum atomic E-state index is -1.10. The molecule has 1 fully saturated rings. The number of carbonyl (C=O) groups is 1. The molecule has 3 nitrogen and oxygen atoms in total. The van der Waals surface area contributed by atoms with Crippen LogP contribution in [0, 0.1) is 11.7 Å². The number of hydrogen-bond donors (Lipinski definition) is 2. The first-order valence-corrected chi connectivity index (χ1v) is 6.88. The first-order chi connectivity index (χ1) is 9.09. The van der Waals surface area contributed by atoms with Crippen molar-refractivity contribution in [3.05, 3.63) is 29.6 Å². The Labute approximate surface area is 112 Å². The molecule has 1 aromatic rings. The molecule has 0 spiro atoms. The SMILES string of the molecule is CC(Nc1c(F)cccc1C(=O)O)C1CCCCC1. The van der Waals surface area contributed by atoms with Gasteiger partial charge in [0, 0.05) is 6.04 Å². The molecule has 1 aromatic carbocycles. The van der Waals surface area contributed by atoms with Crippen LogP contribution in [0.5, 0.6) is 0 Å². The van der Waals surface area contributed by atoms with Gasteiger partial charge in [-0.1, -0.05) is 25.3 Å². The zero-order chi connectivity index (χ0) is 13.8. The summed E-state index contributed by atoms with van der Waals surface area (Å²) in [4.78, 5) is 11.1. The van der Waals surface area contributed by atoms with Crippen LogP contribution in [0.25, 0.3) is 0 Å². The Morgan fingerprint density at radius 1 is 1.37 bits per heavy atom. The molecule has 4 heteroatoms. The summed E-state index contributed by atoms with van der Waals surface area (Å²) in [6.07, 6.45) is 5.94. The third kappa shape index (κ3) is 3.25. The third-order valence-electron chi connectivity index (χ3n) is 3.97. The maximum absolute atomic E-state index is 13.8. The molecular formula is C15H20FNO2. The Morgan fingerprint density at radius 2 is 2.05 bits per heavy atom. The number of benzene rings is 1. The largest absolute Gasteiger partial charge is 0.478 e. The van der Waals surface area contributed by atoms with Crippen LogP contribution in [-0.4, -0.2) is 17.1 Å². The quantitative estimate of drug-likeness (QED) is 0.868. The van der Waals surface area contributed by atoms with Gasteiger partial charge in [-0.15, -0.1) is 0 Å². The molecule has 0 bridgehead atoms. The number of hydrogen-bond acceptors (Lipinski definition) is 2. The van der Waals surface area contributed by atoms with Crippen LogP contribution < -0.4 is 5.32 Å². The van der Waals surface area contributed by atoms with E-state index in [1.165, 1.54) is 37.5 Å². The van der Waals surface area contributed by atoms with Gasteiger partial charge in [0.1, 0.15) is 5.82 Å². The molecule has 0 saturated heterocycles. The van der Waals surface area contributed by atoms with Gasteiger partial charge in [-0.25, -0.2) is 9.18 Å². The standard InChI is InChI=1S/C15H20FNO2/c1-10(11-6-3-2-4-7-11)17-14-12(15(18)19)8-5-9-13(14)16/h5,8-11,17H,2-4,6-7H2,1H3,(H,18,19). The minimum Gasteiger partial charge on any atom is -0.478 e. The van der Waals surface area contributed by atoms with Crippen molar-refractivity contribution >= 4 is 11.7 Å². The van der Waals surface area contributed by atoms with Crippen LogP contribution in [0.3, 0.4) is 0 Å². The van der Waals surface area contributed by atoms with Gasteiger partial charge >= 0.3 is 5.97 Å². The highest BCUT2D eigenvalue weighted by Gasteiger charge is 2.22. The molecule has 104 valence electrons. The molecule has 2 N–H and O–H groups in total. The second-order valence-corrected chi connectivity index (χ2v) is 5.30. The molecule has 0 radical (unpaired) electrons. The number of rotatable bonds is 4. The molecule has 2 rings (SSSR count). The van der Waals surface area contributed by atoms with E-state index >= 15 is 0 Å². The Bertz CT molecular complexity index is 455. The minimum absolute atomic E-state index is 0.00246. The molecule has 1 aliphatic carbocycles. The van der Waals surface area contributed by atoms with Crippen molar-refractivity contribution in [1.29, 1.82) is 0 Å². The first kappa shape index (κ1) is 13.8. The van der Waals surface area contributed by atoms with Crippen molar-refractivity contribution in [2.75, 3.05) is 5.32 Å². The van der Waals surface area contributed by atoms with Crippen molar-refractivity contribution in [3.63, 3.8) is 0 Å². The van der Waals surface area contributed by atoms with Gasteiger partial charge in [-0.2, -0.15) is 0 Å². The van der Waals surface area contributed by atoms with Crippen molar-refractivity contribution in [2.45, 2.75) is 45.1 Å². The normalized spacial score (nSPS) is 18.0. The van der Waals surface area contributed by atoms with Crippen LogP contribution >= 0.6 is 0 Å². The lowest BCUT2D eigenvalue weighted by Crippen LogP contribution is -2.29. The number of halogens is 1. The average molecular weight is 265 g/mol. The summed E-state index contributed by atoms with van der Waals surface area (Å²) in [5.41, 5.74) is 0.121. The van der Waals surface area contributed by atoms with Gasteiger partial charge in [-0.3, -0.25) is 0 Å². The molecule has 0 aliphatic heterocycles. The second kappa shape index (κ2) is 6.04. The Kier molecular flexibility index (Phi) is 4.40. The van der Waals surface area contributed by atoms with Gasteiger partial charge < -0.3 is 10.4 Å². The van der Waals surface area contributed by atoms with Crippen LogP contribution in [0.2, 0.25) is 0 Å². The summed E-state index contributed by atoms with van der Waals surface area (Å²) in [5, 5.41) is 12.2. The van der Waals surface area contributed by atoms with E-state index in [0.717, 1.165) is 12.8 Å². The lowest BCUT2D eigenvalue weighted by atomic mass is 9.84.